The summed E-state index contributed by atoms with van der Waals surface area (Å²) in [7, 11) is 3.23. The Hall–Kier alpha value is -3.08. The van der Waals surface area contributed by atoms with E-state index in [1.54, 1.807) is 26.6 Å². The Kier molecular flexibility index (Phi) is 5.14. The lowest BCUT2D eigenvalue weighted by molar-refractivity contribution is 0.355. The summed E-state index contributed by atoms with van der Waals surface area (Å²) < 4.78 is 10.6. The van der Waals surface area contributed by atoms with Crippen molar-refractivity contribution < 1.29 is 9.47 Å². The molecule has 0 aliphatic carbocycles. The van der Waals surface area contributed by atoms with Crippen LogP contribution in [-0.2, 0) is 0 Å². The summed E-state index contributed by atoms with van der Waals surface area (Å²) >= 11 is 0. The van der Waals surface area contributed by atoms with Crippen LogP contribution >= 0.6 is 0 Å². The third-order valence-corrected chi connectivity index (χ3v) is 4.00. The molecule has 0 aliphatic heterocycles. The molecule has 3 aromatic rings. The lowest BCUT2D eigenvalue weighted by Crippen LogP contribution is -2.08. The van der Waals surface area contributed by atoms with E-state index in [-0.39, 0.29) is 6.04 Å². The number of methoxy groups -OCH3 is 2. The summed E-state index contributed by atoms with van der Waals surface area (Å²) in [5.74, 6) is 2.09. The van der Waals surface area contributed by atoms with Crippen molar-refractivity contribution in [3.05, 3.63) is 66.5 Å². The zero-order chi connectivity index (χ0) is 17.6. The van der Waals surface area contributed by atoms with Crippen LogP contribution in [0.2, 0.25) is 0 Å². The van der Waals surface area contributed by atoms with Crippen molar-refractivity contribution in [2.45, 2.75) is 13.0 Å². The van der Waals surface area contributed by atoms with Crippen molar-refractivity contribution in [2.75, 3.05) is 19.5 Å². The normalized spacial score (nSPS) is 11.6. The maximum Gasteiger partial charge on any atom is 0.161 e. The third-order valence-electron chi connectivity index (χ3n) is 4.00. The van der Waals surface area contributed by atoms with Gasteiger partial charge in [0, 0.05) is 11.6 Å². The Morgan fingerprint density at radius 3 is 2.28 bits per heavy atom. The molecule has 0 fully saturated rings. The summed E-state index contributed by atoms with van der Waals surface area (Å²) in [6.07, 6.45) is 3.49. The average Bonchev–Trinajstić information content (AvgIpc) is 2.68. The van der Waals surface area contributed by atoms with E-state index in [4.69, 9.17) is 9.47 Å². The van der Waals surface area contributed by atoms with E-state index in [0.717, 1.165) is 17.1 Å². The molecule has 5 heteroatoms. The minimum Gasteiger partial charge on any atom is -0.493 e. The van der Waals surface area contributed by atoms with Gasteiger partial charge >= 0.3 is 0 Å². The van der Waals surface area contributed by atoms with Crippen molar-refractivity contribution in [1.29, 1.82) is 0 Å². The van der Waals surface area contributed by atoms with E-state index in [9.17, 15) is 0 Å². The number of anilines is 1. The van der Waals surface area contributed by atoms with Gasteiger partial charge in [-0.05, 0) is 30.7 Å². The molecule has 0 amide bonds. The van der Waals surface area contributed by atoms with Crippen LogP contribution in [0.1, 0.15) is 18.5 Å². The SMILES string of the molecule is COc1ccc(-c2cnc(N[C@H](C)c3ccccc3)cn2)cc1OC. The first-order valence-electron chi connectivity index (χ1n) is 8.07. The van der Waals surface area contributed by atoms with Gasteiger partial charge in [-0.2, -0.15) is 0 Å². The first-order chi connectivity index (χ1) is 12.2. The van der Waals surface area contributed by atoms with Gasteiger partial charge in [0.05, 0.1) is 32.3 Å². The topological polar surface area (TPSA) is 56.3 Å². The van der Waals surface area contributed by atoms with Crippen molar-refractivity contribution in [2.24, 2.45) is 0 Å². The molecule has 1 aromatic heterocycles. The van der Waals surface area contributed by atoms with Crippen LogP contribution in [0, 0.1) is 0 Å². The monoisotopic (exact) mass is 335 g/mol. The number of benzene rings is 2. The number of hydrogen-bond acceptors (Lipinski definition) is 5. The molecule has 128 valence electrons. The number of rotatable bonds is 6. The van der Waals surface area contributed by atoms with E-state index in [0.29, 0.717) is 11.5 Å². The van der Waals surface area contributed by atoms with E-state index in [1.807, 2.05) is 36.4 Å². The Balaban J connectivity index is 1.76. The molecule has 0 saturated carbocycles. The highest BCUT2D eigenvalue weighted by atomic mass is 16.5. The molecule has 0 bridgehead atoms. The first kappa shape index (κ1) is 16.8. The average molecular weight is 335 g/mol. The summed E-state index contributed by atoms with van der Waals surface area (Å²) in [6, 6.07) is 16.1. The fourth-order valence-corrected chi connectivity index (χ4v) is 2.59. The molecule has 0 saturated heterocycles. The van der Waals surface area contributed by atoms with E-state index in [2.05, 4.69) is 34.3 Å². The standard InChI is InChI=1S/C20H21N3O2/c1-14(15-7-5-4-6-8-15)23-20-13-21-17(12-22-20)16-9-10-18(24-2)19(11-16)25-3/h4-14H,1-3H3,(H,22,23)/t14-/m1/s1. The Morgan fingerprint density at radius 1 is 0.880 bits per heavy atom. The highest BCUT2D eigenvalue weighted by Crippen LogP contribution is 2.31. The molecular formula is C20H21N3O2. The van der Waals surface area contributed by atoms with Crippen LogP contribution in [-0.4, -0.2) is 24.2 Å². The van der Waals surface area contributed by atoms with Crippen LogP contribution in [0.25, 0.3) is 11.3 Å². The van der Waals surface area contributed by atoms with E-state index < -0.39 is 0 Å². The molecule has 25 heavy (non-hydrogen) atoms. The van der Waals surface area contributed by atoms with Crippen molar-refractivity contribution in [1.82, 2.24) is 9.97 Å². The molecule has 0 radical (unpaired) electrons. The van der Waals surface area contributed by atoms with Crippen LogP contribution in [0.15, 0.2) is 60.9 Å². The van der Waals surface area contributed by atoms with Gasteiger partial charge in [-0.1, -0.05) is 30.3 Å². The minimum atomic E-state index is 0.155. The molecule has 0 spiro atoms. The molecule has 1 N–H and O–H groups in total. The molecule has 2 aromatic carbocycles. The van der Waals surface area contributed by atoms with E-state index in [1.165, 1.54) is 5.56 Å². The lowest BCUT2D eigenvalue weighted by Gasteiger charge is -2.15. The fraction of sp³-hybridized carbons (Fsp3) is 0.200. The summed E-state index contributed by atoms with van der Waals surface area (Å²) in [5, 5.41) is 3.36. The molecule has 0 aliphatic rings. The second-order valence-corrected chi connectivity index (χ2v) is 5.63. The minimum absolute atomic E-state index is 0.155. The number of nitrogens with zero attached hydrogens (tertiary/aromatic N) is 2. The number of ether oxygens (including phenoxy) is 2. The molecule has 3 rings (SSSR count). The molecular weight excluding hydrogens is 314 g/mol. The van der Waals surface area contributed by atoms with Crippen LogP contribution in [0.3, 0.4) is 0 Å². The zero-order valence-corrected chi connectivity index (χ0v) is 14.6. The second kappa shape index (κ2) is 7.66. The maximum atomic E-state index is 5.34. The largest absolute Gasteiger partial charge is 0.493 e. The van der Waals surface area contributed by atoms with Gasteiger partial charge < -0.3 is 14.8 Å². The molecule has 0 unspecified atom stereocenters. The zero-order valence-electron chi connectivity index (χ0n) is 14.6. The predicted octanol–water partition coefficient (Wildman–Crippen LogP) is 4.33. The van der Waals surface area contributed by atoms with Gasteiger partial charge in [0.25, 0.3) is 0 Å². The van der Waals surface area contributed by atoms with Crippen LogP contribution in [0.4, 0.5) is 5.82 Å². The van der Waals surface area contributed by atoms with Crippen molar-refractivity contribution in [3.63, 3.8) is 0 Å². The van der Waals surface area contributed by atoms with Gasteiger partial charge in [-0.15, -0.1) is 0 Å². The maximum absolute atomic E-state index is 5.34. The van der Waals surface area contributed by atoms with Crippen molar-refractivity contribution >= 4 is 5.82 Å². The molecule has 1 heterocycles. The van der Waals surface area contributed by atoms with Crippen LogP contribution < -0.4 is 14.8 Å². The number of aromatic nitrogens is 2. The number of hydrogen-bond donors (Lipinski definition) is 1. The quantitative estimate of drug-likeness (QED) is 0.726. The smallest absolute Gasteiger partial charge is 0.161 e. The number of nitrogens with one attached hydrogen (secondary N) is 1. The summed E-state index contributed by atoms with van der Waals surface area (Å²) in [5.41, 5.74) is 2.90. The highest BCUT2D eigenvalue weighted by Gasteiger charge is 2.09. The predicted molar refractivity (Wildman–Crippen MR) is 99.1 cm³/mol. The first-order valence-corrected chi connectivity index (χ1v) is 8.07. The fourth-order valence-electron chi connectivity index (χ4n) is 2.59. The van der Waals surface area contributed by atoms with E-state index >= 15 is 0 Å². The lowest BCUT2D eigenvalue weighted by atomic mass is 10.1. The van der Waals surface area contributed by atoms with Gasteiger partial charge in [0.2, 0.25) is 0 Å². The summed E-state index contributed by atoms with van der Waals surface area (Å²) in [6.45, 7) is 2.10. The van der Waals surface area contributed by atoms with Gasteiger partial charge in [0.15, 0.2) is 11.5 Å². The van der Waals surface area contributed by atoms with Gasteiger partial charge in [-0.25, -0.2) is 4.98 Å². The van der Waals surface area contributed by atoms with Gasteiger partial charge in [-0.3, -0.25) is 4.98 Å². The Morgan fingerprint density at radius 2 is 1.64 bits per heavy atom. The highest BCUT2D eigenvalue weighted by molar-refractivity contribution is 5.63. The summed E-state index contributed by atoms with van der Waals surface area (Å²) in [4.78, 5) is 8.98. The van der Waals surface area contributed by atoms with Gasteiger partial charge in [0.1, 0.15) is 5.82 Å². The van der Waals surface area contributed by atoms with Crippen molar-refractivity contribution in [3.8, 4) is 22.8 Å². The third kappa shape index (κ3) is 3.88. The van der Waals surface area contributed by atoms with Crippen LogP contribution in [0.5, 0.6) is 11.5 Å². The molecule has 5 nitrogen and oxygen atoms in total. The molecule has 1 atom stereocenters. The second-order valence-electron chi connectivity index (χ2n) is 5.63. The Bertz CT molecular complexity index is 820. The Labute approximate surface area is 147 Å².